The van der Waals surface area contributed by atoms with Gasteiger partial charge >= 0.3 is 0 Å². The quantitative estimate of drug-likeness (QED) is 0.179. The average Bonchev–Trinajstić information content (AvgIpc) is 3.78. The van der Waals surface area contributed by atoms with Crippen molar-refractivity contribution in [3.05, 3.63) is 182 Å². The van der Waals surface area contributed by atoms with Crippen molar-refractivity contribution in [3.8, 4) is 51.0 Å². The van der Waals surface area contributed by atoms with Gasteiger partial charge in [-0.25, -0.2) is 15.0 Å². The monoisotopic (exact) mass is 706 g/mol. The van der Waals surface area contributed by atoms with E-state index < -0.39 is 0 Å². The molecule has 0 aliphatic heterocycles. The third-order valence-corrected chi connectivity index (χ3v) is 11.6. The van der Waals surface area contributed by atoms with Gasteiger partial charge in [-0.05, 0) is 70.4 Å². The zero-order valence-electron chi connectivity index (χ0n) is 29.0. The lowest BCUT2D eigenvalue weighted by Crippen LogP contribution is -2.00. The minimum Gasteiger partial charge on any atom is -0.309 e. The lowest BCUT2D eigenvalue weighted by Gasteiger charge is -2.10. The zero-order chi connectivity index (χ0) is 35.6. The van der Waals surface area contributed by atoms with E-state index in [0.717, 1.165) is 27.9 Å². The summed E-state index contributed by atoms with van der Waals surface area (Å²) in [6.45, 7) is 0. The molecule has 5 heteroatoms. The smallest absolute Gasteiger partial charge is 0.164 e. The van der Waals surface area contributed by atoms with Gasteiger partial charge in [0, 0.05) is 53.3 Å². The van der Waals surface area contributed by atoms with Crippen LogP contribution >= 0.6 is 11.3 Å². The highest BCUT2D eigenvalue weighted by Gasteiger charge is 2.16. The Balaban J connectivity index is 1.01. The minimum absolute atomic E-state index is 0.648. The summed E-state index contributed by atoms with van der Waals surface area (Å²) >= 11 is 1.82. The van der Waals surface area contributed by atoms with Crippen LogP contribution in [0.15, 0.2) is 182 Å². The molecule has 0 aliphatic carbocycles. The molecule has 0 atom stereocenters. The minimum atomic E-state index is 0.648. The highest BCUT2D eigenvalue weighted by Crippen LogP contribution is 2.39. The number of nitrogens with zero attached hydrogens (tertiary/aromatic N) is 4. The molecule has 0 saturated carbocycles. The number of aromatic nitrogens is 4. The second kappa shape index (κ2) is 12.3. The number of fused-ring (bicyclic) bond motifs is 7. The summed E-state index contributed by atoms with van der Waals surface area (Å²) in [7, 11) is 0. The van der Waals surface area contributed by atoms with Crippen LogP contribution in [-0.4, -0.2) is 19.5 Å². The van der Waals surface area contributed by atoms with E-state index in [1.165, 1.54) is 58.3 Å². The van der Waals surface area contributed by atoms with Crippen LogP contribution in [0.3, 0.4) is 0 Å². The Labute approximate surface area is 315 Å². The first-order chi connectivity index (χ1) is 26.7. The third-order valence-electron chi connectivity index (χ3n) is 10.4. The number of rotatable bonds is 5. The van der Waals surface area contributed by atoms with Crippen molar-refractivity contribution in [2.45, 2.75) is 0 Å². The fourth-order valence-electron chi connectivity index (χ4n) is 7.78. The average molecular weight is 707 g/mol. The second-order valence-electron chi connectivity index (χ2n) is 13.7. The van der Waals surface area contributed by atoms with Crippen LogP contribution in [-0.2, 0) is 0 Å². The summed E-state index contributed by atoms with van der Waals surface area (Å²) in [6, 6.07) is 64.5. The van der Waals surface area contributed by atoms with Gasteiger partial charge in [0.25, 0.3) is 0 Å². The maximum Gasteiger partial charge on any atom is 0.164 e. The summed E-state index contributed by atoms with van der Waals surface area (Å²) in [5.74, 6) is 1.95. The van der Waals surface area contributed by atoms with Crippen molar-refractivity contribution < 1.29 is 0 Å². The molecule has 3 heterocycles. The van der Waals surface area contributed by atoms with Crippen LogP contribution in [0.5, 0.6) is 0 Å². The van der Waals surface area contributed by atoms with Crippen molar-refractivity contribution >= 4 is 64.1 Å². The van der Waals surface area contributed by atoms with E-state index >= 15 is 0 Å². The van der Waals surface area contributed by atoms with Crippen molar-refractivity contribution in [2.24, 2.45) is 0 Å². The van der Waals surface area contributed by atoms with Gasteiger partial charge in [-0.1, -0.05) is 133 Å². The van der Waals surface area contributed by atoms with Gasteiger partial charge in [0.15, 0.2) is 17.5 Å². The number of benzene rings is 8. The normalized spacial score (nSPS) is 11.7. The molecule has 0 bridgehead atoms. The van der Waals surface area contributed by atoms with E-state index in [0.29, 0.717) is 17.5 Å². The van der Waals surface area contributed by atoms with E-state index in [4.69, 9.17) is 15.0 Å². The van der Waals surface area contributed by atoms with Gasteiger partial charge in [0.05, 0.1) is 11.0 Å². The summed E-state index contributed by atoms with van der Waals surface area (Å²) in [4.78, 5) is 15.1. The SMILES string of the molecule is c1ccc(-c2nc(-c3ccc(-c4ccc5ccccc5c4)cc3)nc(-c3ccc4sc5cc(-n6c7ccccc7c7ccccc76)ccc5c4c3)n2)cc1. The molecule has 8 aromatic carbocycles. The number of para-hydroxylation sites is 2. The first-order valence-electron chi connectivity index (χ1n) is 18.1. The lowest BCUT2D eigenvalue weighted by atomic mass is 10.00. The highest BCUT2D eigenvalue weighted by molar-refractivity contribution is 7.25. The van der Waals surface area contributed by atoms with Gasteiger partial charge < -0.3 is 4.57 Å². The van der Waals surface area contributed by atoms with Crippen LogP contribution < -0.4 is 0 Å². The number of hydrogen-bond acceptors (Lipinski definition) is 4. The summed E-state index contributed by atoms with van der Waals surface area (Å²) in [5.41, 5.74) is 8.78. The molecule has 0 unspecified atom stereocenters. The molecular formula is C49H30N4S. The number of hydrogen-bond donors (Lipinski definition) is 0. The standard InChI is InChI=1S/C49H30N4S/c1-2-11-33(12-3-1)47-50-48(34-21-18-32(19-22-34)36-23-20-31-10-4-5-13-35(31)28-36)52-49(51-47)37-24-27-45-42(29-37)41-26-25-38(30-46(41)54-45)53-43-16-8-6-14-39(43)40-15-7-9-17-44(40)53/h1-30H. The lowest BCUT2D eigenvalue weighted by molar-refractivity contribution is 1.07. The molecule has 0 N–H and O–H groups in total. The zero-order valence-corrected chi connectivity index (χ0v) is 29.8. The van der Waals surface area contributed by atoms with Crippen LogP contribution in [0, 0.1) is 0 Å². The molecule has 0 radical (unpaired) electrons. The first kappa shape index (κ1) is 30.7. The van der Waals surface area contributed by atoms with Crippen LogP contribution in [0.2, 0.25) is 0 Å². The molecule has 11 rings (SSSR count). The predicted molar refractivity (Wildman–Crippen MR) is 226 cm³/mol. The van der Waals surface area contributed by atoms with Crippen molar-refractivity contribution in [3.63, 3.8) is 0 Å². The van der Waals surface area contributed by atoms with Crippen molar-refractivity contribution in [1.82, 2.24) is 19.5 Å². The molecule has 0 saturated heterocycles. The molecule has 3 aromatic heterocycles. The Bertz CT molecular complexity index is 3160. The molecule has 54 heavy (non-hydrogen) atoms. The van der Waals surface area contributed by atoms with E-state index in [-0.39, 0.29) is 0 Å². The Morgan fingerprint density at radius 1 is 0.333 bits per heavy atom. The van der Waals surface area contributed by atoms with E-state index in [9.17, 15) is 0 Å². The summed E-state index contributed by atoms with van der Waals surface area (Å²) in [6.07, 6.45) is 0. The molecule has 4 nitrogen and oxygen atoms in total. The molecule has 0 aliphatic rings. The third kappa shape index (κ3) is 5.09. The largest absolute Gasteiger partial charge is 0.309 e. The second-order valence-corrected chi connectivity index (χ2v) is 14.8. The Kier molecular flexibility index (Phi) is 7.00. The fraction of sp³-hybridized carbons (Fsp3) is 0. The Morgan fingerprint density at radius 2 is 0.907 bits per heavy atom. The molecule has 0 fully saturated rings. The van der Waals surface area contributed by atoms with Gasteiger partial charge in [0.1, 0.15) is 0 Å². The van der Waals surface area contributed by atoms with Crippen molar-refractivity contribution in [2.75, 3.05) is 0 Å². The van der Waals surface area contributed by atoms with E-state index in [2.05, 4.69) is 168 Å². The first-order valence-corrected chi connectivity index (χ1v) is 18.9. The van der Waals surface area contributed by atoms with Gasteiger partial charge in [-0.15, -0.1) is 11.3 Å². The van der Waals surface area contributed by atoms with E-state index in [1.54, 1.807) is 0 Å². The topological polar surface area (TPSA) is 43.6 Å². The van der Waals surface area contributed by atoms with E-state index in [1.807, 2.05) is 29.5 Å². The summed E-state index contributed by atoms with van der Waals surface area (Å²) < 4.78 is 4.86. The maximum atomic E-state index is 5.10. The van der Waals surface area contributed by atoms with Crippen LogP contribution in [0.1, 0.15) is 0 Å². The van der Waals surface area contributed by atoms with Gasteiger partial charge in [0.2, 0.25) is 0 Å². The molecule has 0 spiro atoms. The number of thiophene rings is 1. The Morgan fingerprint density at radius 3 is 1.65 bits per heavy atom. The highest BCUT2D eigenvalue weighted by atomic mass is 32.1. The van der Waals surface area contributed by atoms with Crippen molar-refractivity contribution in [1.29, 1.82) is 0 Å². The molecular weight excluding hydrogens is 677 g/mol. The predicted octanol–water partition coefficient (Wildman–Crippen LogP) is 13.2. The molecule has 252 valence electrons. The van der Waals surface area contributed by atoms with Crippen LogP contribution in [0.4, 0.5) is 0 Å². The molecule has 0 amide bonds. The summed E-state index contributed by atoms with van der Waals surface area (Å²) in [5, 5.41) is 7.42. The maximum absolute atomic E-state index is 5.10. The Hall–Kier alpha value is -6.95. The van der Waals surface area contributed by atoms with Gasteiger partial charge in [-0.3, -0.25) is 0 Å². The van der Waals surface area contributed by atoms with Gasteiger partial charge in [-0.2, -0.15) is 0 Å². The van der Waals surface area contributed by atoms with Crippen LogP contribution in [0.25, 0.3) is 104 Å². The molecule has 11 aromatic rings. The fourth-order valence-corrected chi connectivity index (χ4v) is 8.90.